The first-order valence-corrected chi connectivity index (χ1v) is 9.62. The van der Waals surface area contributed by atoms with E-state index in [-0.39, 0.29) is 16.9 Å². The van der Waals surface area contributed by atoms with E-state index in [1.54, 1.807) is 0 Å². The van der Waals surface area contributed by atoms with Gasteiger partial charge in [0.2, 0.25) is 5.91 Å². The first-order valence-electron chi connectivity index (χ1n) is 9.62. The van der Waals surface area contributed by atoms with Crippen LogP contribution in [0.25, 0.3) is 0 Å². The molecule has 7 rings (SSSR count). The van der Waals surface area contributed by atoms with E-state index < -0.39 is 11.6 Å². The number of nitrogens with zero attached hydrogens (tertiary/aromatic N) is 1. The number of carbonyl (C=O) groups excluding carboxylic acids is 1. The summed E-state index contributed by atoms with van der Waals surface area (Å²) in [5, 5.41) is 11.0. The molecule has 0 aromatic rings. The second kappa shape index (κ2) is 3.50. The van der Waals surface area contributed by atoms with E-state index in [4.69, 9.17) is 5.73 Å². The van der Waals surface area contributed by atoms with Crippen LogP contribution in [0.3, 0.4) is 0 Å². The lowest BCUT2D eigenvalue weighted by Crippen LogP contribution is -2.65. The molecule has 0 aromatic heterocycles. The summed E-state index contributed by atoms with van der Waals surface area (Å²) in [4.78, 5) is 15.6. The zero-order chi connectivity index (χ0) is 15.8. The summed E-state index contributed by atoms with van der Waals surface area (Å²) < 4.78 is 0. The Morgan fingerprint density at radius 2 is 1.78 bits per heavy atom. The normalized spacial score (nSPS) is 62.0. The Morgan fingerprint density at radius 1 is 1.13 bits per heavy atom. The lowest BCUT2D eigenvalue weighted by atomic mass is 9.46. The van der Waals surface area contributed by atoms with Crippen molar-refractivity contribution in [3.05, 3.63) is 0 Å². The molecule has 4 heteroatoms. The van der Waals surface area contributed by atoms with Crippen molar-refractivity contribution in [2.75, 3.05) is 0 Å². The molecule has 23 heavy (non-hydrogen) atoms. The van der Waals surface area contributed by atoms with Gasteiger partial charge in [-0.1, -0.05) is 0 Å². The molecule has 3 N–H and O–H groups in total. The van der Waals surface area contributed by atoms with Crippen molar-refractivity contribution in [2.45, 2.75) is 87.9 Å². The fraction of sp³-hybridized carbons (Fsp3) is 0.947. The van der Waals surface area contributed by atoms with Crippen LogP contribution >= 0.6 is 0 Å². The third kappa shape index (κ3) is 1.41. The minimum atomic E-state index is -0.528. The van der Waals surface area contributed by atoms with Gasteiger partial charge >= 0.3 is 0 Å². The monoisotopic (exact) mass is 316 g/mol. The smallest absolute Gasteiger partial charge is 0.240 e. The van der Waals surface area contributed by atoms with E-state index in [2.05, 4.69) is 11.8 Å². The molecule has 7 fully saturated rings. The van der Waals surface area contributed by atoms with Gasteiger partial charge in [0.15, 0.2) is 0 Å². The third-order valence-corrected chi connectivity index (χ3v) is 8.83. The van der Waals surface area contributed by atoms with E-state index in [1.807, 2.05) is 0 Å². The number of amides is 1. The standard InChI is InChI=1S/C19H28N2O2/c1-11-3-17-9-19(17,10-17)21(11)15(22)14(20)16-4-12-2-13(5-16)7-18(23,6-12)8-16/h11-14,23H,2-10,20H2,1H3. The summed E-state index contributed by atoms with van der Waals surface area (Å²) in [5.74, 6) is 1.39. The van der Waals surface area contributed by atoms with Gasteiger partial charge in [0.25, 0.3) is 0 Å². The second-order valence-corrected chi connectivity index (χ2v) is 10.5. The van der Waals surface area contributed by atoms with E-state index >= 15 is 0 Å². The molecule has 1 aliphatic heterocycles. The highest BCUT2D eigenvalue weighted by atomic mass is 16.3. The molecule has 4 unspecified atom stereocenters. The highest BCUT2D eigenvalue weighted by molar-refractivity contribution is 5.86. The van der Waals surface area contributed by atoms with Crippen molar-refractivity contribution in [3.63, 3.8) is 0 Å². The number of hydrogen-bond donors (Lipinski definition) is 2. The van der Waals surface area contributed by atoms with Crippen LogP contribution in [0.1, 0.15) is 64.7 Å². The molecule has 126 valence electrons. The number of carbonyl (C=O) groups is 1. The molecular weight excluding hydrogens is 288 g/mol. The molecule has 1 heterocycles. The highest BCUT2D eigenvalue weighted by Gasteiger charge is 2.90. The molecular formula is C19H28N2O2. The number of rotatable bonds is 2. The van der Waals surface area contributed by atoms with Crippen molar-refractivity contribution in [3.8, 4) is 0 Å². The number of piperidine rings is 2. The molecule has 4 bridgehead atoms. The maximum Gasteiger partial charge on any atom is 0.240 e. The Bertz CT molecular complexity index is 609. The van der Waals surface area contributed by atoms with E-state index in [0.29, 0.717) is 23.3 Å². The van der Waals surface area contributed by atoms with Crippen LogP contribution in [-0.2, 0) is 4.79 Å². The minimum Gasteiger partial charge on any atom is -0.390 e. The summed E-state index contributed by atoms with van der Waals surface area (Å²) in [6, 6.07) is -0.0261. The van der Waals surface area contributed by atoms with Gasteiger partial charge in [-0.2, -0.15) is 0 Å². The number of likely N-dealkylation sites (tertiary alicyclic amines) is 1. The van der Waals surface area contributed by atoms with Crippen molar-refractivity contribution in [2.24, 2.45) is 28.4 Å². The van der Waals surface area contributed by atoms with Gasteiger partial charge in [0.05, 0.1) is 17.2 Å². The Kier molecular flexibility index (Phi) is 2.08. The van der Waals surface area contributed by atoms with Gasteiger partial charge in [-0.05, 0) is 82.0 Å². The molecule has 4 nitrogen and oxygen atoms in total. The number of aliphatic hydroxyl groups is 1. The lowest BCUT2D eigenvalue weighted by molar-refractivity contribution is -0.178. The molecule has 1 amide bonds. The summed E-state index contributed by atoms with van der Waals surface area (Å²) >= 11 is 0. The molecule has 0 radical (unpaired) electrons. The fourth-order valence-electron chi connectivity index (χ4n) is 8.31. The molecule has 1 saturated heterocycles. The first-order chi connectivity index (χ1) is 10.8. The molecule has 0 aromatic carbocycles. The average Bonchev–Trinajstić information content (AvgIpc) is 3.17. The predicted molar refractivity (Wildman–Crippen MR) is 85.4 cm³/mol. The third-order valence-electron chi connectivity index (χ3n) is 8.83. The Labute approximate surface area is 137 Å². The molecule has 4 atom stereocenters. The second-order valence-electron chi connectivity index (χ2n) is 10.5. The van der Waals surface area contributed by atoms with Gasteiger partial charge in [0.1, 0.15) is 0 Å². The summed E-state index contributed by atoms with van der Waals surface area (Å²) in [5.41, 5.74) is 6.74. The zero-order valence-corrected chi connectivity index (χ0v) is 14.1. The Morgan fingerprint density at radius 3 is 2.30 bits per heavy atom. The van der Waals surface area contributed by atoms with Crippen molar-refractivity contribution in [1.82, 2.24) is 4.90 Å². The lowest BCUT2D eigenvalue weighted by Gasteiger charge is -2.61. The van der Waals surface area contributed by atoms with Gasteiger partial charge < -0.3 is 15.7 Å². The maximum absolute atomic E-state index is 13.4. The van der Waals surface area contributed by atoms with Gasteiger partial charge in [-0.3, -0.25) is 4.79 Å². The minimum absolute atomic E-state index is 0.124. The molecule has 6 saturated carbocycles. The molecule has 7 aliphatic rings. The summed E-state index contributed by atoms with van der Waals surface area (Å²) in [6.45, 7) is 2.20. The first kappa shape index (κ1) is 13.7. The quantitative estimate of drug-likeness (QED) is 0.816. The highest BCUT2D eigenvalue weighted by Crippen LogP contribution is 2.87. The van der Waals surface area contributed by atoms with Crippen LogP contribution in [-0.4, -0.2) is 39.1 Å². The van der Waals surface area contributed by atoms with E-state index in [1.165, 1.54) is 25.7 Å². The van der Waals surface area contributed by atoms with Crippen LogP contribution < -0.4 is 5.73 Å². The van der Waals surface area contributed by atoms with E-state index in [9.17, 15) is 9.90 Å². The SMILES string of the molecule is CC1CC23CC2(C3)N1C(=O)C(N)C12CC3CC(CC(O)(C3)C1)C2. The number of hydrogen-bond acceptors (Lipinski definition) is 3. The van der Waals surface area contributed by atoms with Gasteiger partial charge in [-0.15, -0.1) is 0 Å². The zero-order valence-electron chi connectivity index (χ0n) is 14.1. The van der Waals surface area contributed by atoms with E-state index in [0.717, 1.165) is 32.1 Å². The summed E-state index contributed by atoms with van der Waals surface area (Å²) in [6.07, 6.45) is 9.68. The fourth-order valence-corrected chi connectivity index (χ4v) is 8.31. The van der Waals surface area contributed by atoms with Crippen LogP contribution in [0, 0.1) is 22.7 Å². The van der Waals surface area contributed by atoms with Crippen LogP contribution in [0.2, 0.25) is 0 Å². The maximum atomic E-state index is 13.4. The predicted octanol–water partition coefficient (Wildman–Crippen LogP) is 1.80. The molecule has 0 spiro atoms. The van der Waals surface area contributed by atoms with Crippen molar-refractivity contribution in [1.29, 1.82) is 0 Å². The number of nitrogens with two attached hydrogens (primary N) is 1. The topological polar surface area (TPSA) is 66.6 Å². The Hall–Kier alpha value is -0.610. The van der Waals surface area contributed by atoms with Crippen LogP contribution in [0.15, 0.2) is 0 Å². The molecule has 6 aliphatic carbocycles. The largest absolute Gasteiger partial charge is 0.390 e. The van der Waals surface area contributed by atoms with Gasteiger partial charge in [0, 0.05) is 11.5 Å². The Balaban J connectivity index is 1.32. The van der Waals surface area contributed by atoms with Crippen molar-refractivity contribution < 1.29 is 9.90 Å². The van der Waals surface area contributed by atoms with Crippen molar-refractivity contribution >= 4 is 5.91 Å². The van der Waals surface area contributed by atoms with Gasteiger partial charge in [-0.25, -0.2) is 0 Å². The summed E-state index contributed by atoms with van der Waals surface area (Å²) in [7, 11) is 0. The average molecular weight is 316 g/mol. The van der Waals surface area contributed by atoms with Crippen LogP contribution in [0.5, 0.6) is 0 Å². The van der Waals surface area contributed by atoms with Crippen LogP contribution in [0.4, 0.5) is 0 Å².